The molecule has 21 heteroatoms. The maximum Gasteiger partial charge on any atom is 0.338 e. The van der Waals surface area contributed by atoms with Gasteiger partial charge in [-0.2, -0.15) is 0 Å². The lowest BCUT2D eigenvalue weighted by molar-refractivity contribution is -0.112. The fourth-order valence-electron chi connectivity index (χ4n) is 5.63. The maximum absolute atomic E-state index is 14.3. The van der Waals surface area contributed by atoms with Gasteiger partial charge in [0.1, 0.15) is 23.4 Å². The molecule has 59 heavy (non-hydrogen) atoms. The molecule has 0 spiro atoms. The fourth-order valence-corrected chi connectivity index (χ4v) is 5.63. The zero-order chi connectivity index (χ0) is 42.9. The number of hydrogen-bond donors (Lipinski definition) is 10. The van der Waals surface area contributed by atoms with E-state index in [9.17, 15) is 44.9 Å². The van der Waals surface area contributed by atoms with Gasteiger partial charge in [-0.25, -0.2) is 15.0 Å². The van der Waals surface area contributed by atoms with Gasteiger partial charge in [0.05, 0.1) is 90.3 Å². The summed E-state index contributed by atoms with van der Waals surface area (Å²) in [5.74, 6) is -2.02. The number of hydrazine groups is 1. The average Bonchev–Trinajstić information content (AvgIpc) is 3.18. The van der Waals surface area contributed by atoms with Gasteiger partial charge in [-0.05, 0) is 24.3 Å². The Morgan fingerprint density at radius 2 is 1.29 bits per heavy atom. The number of halogens is 1. The number of ether oxygens (including phenoxy) is 8. The summed E-state index contributed by atoms with van der Waals surface area (Å²) >= 11 is 0. The van der Waals surface area contributed by atoms with Gasteiger partial charge in [0, 0.05) is 42.6 Å². The number of hydrogen-bond acceptors (Lipinski definition) is 20. The van der Waals surface area contributed by atoms with Crippen LogP contribution in [0.4, 0.5) is 4.39 Å². The number of fused-ring (bicyclic) bond motifs is 1. The lowest BCUT2D eigenvalue weighted by atomic mass is 9.90. The summed E-state index contributed by atoms with van der Waals surface area (Å²) in [6.07, 6.45) is -2.79. The average molecular weight is 839 g/mol. The SMILES string of the molecule is NCCOCCOCCOCCOCCOCC/C(N)=C/N(N)CCOC1c2c(O)cc(O)cc2OC(c2cc(O)c(O)c(O)c2)C1OC(=O)c1cc(O)c(O)c(F)c1. The first-order valence-corrected chi connectivity index (χ1v) is 18.4. The molecule has 3 aromatic rings. The summed E-state index contributed by atoms with van der Waals surface area (Å²) in [6.45, 7) is 4.25. The van der Waals surface area contributed by atoms with Gasteiger partial charge < -0.3 is 90.1 Å². The van der Waals surface area contributed by atoms with Crippen LogP contribution < -0.4 is 22.0 Å². The van der Waals surface area contributed by atoms with Gasteiger partial charge in [0.25, 0.3) is 0 Å². The van der Waals surface area contributed by atoms with Gasteiger partial charge in [-0.3, -0.25) is 0 Å². The molecule has 3 atom stereocenters. The summed E-state index contributed by atoms with van der Waals surface area (Å²) in [7, 11) is 0. The quantitative estimate of drug-likeness (QED) is 0.0190. The first-order chi connectivity index (χ1) is 28.3. The third-order valence-electron chi connectivity index (χ3n) is 8.45. The van der Waals surface area contributed by atoms with E-state index in [0.29, 0.717) is 84.2 Å². The van der Waals surface area contributed by atoms with Crippen molar-refractivity contribution in [2.24, 2.45) is 17.3 Å². The largest absolute Gasteiger partial charge is 0.508 e. The molecule has 0 saturated carbocycles. The topological polar surface area (TPSA) is 314 Å². The lowest BCUT2D eigenvalue weighted by Crippen LogP contribution is -2.40. The lowest BCUT2D eigenvalue weighted by Gasteiger charge is -2.39. The number of benzene rings is 3. The predicted molar refractivity (Wildman–Crippen MR) is 203 cm³/mol. The molecule has 1 aliphatic heterocycles. The smallest absolute Gasteiger partial charge is 0.338 e. The fraction of sp³-hybridized carbons (Fsp3) is 0.447. The van der Waals surface area contributed by atoms with Crippen molar-refractivity contribution in [3.63, 3.8) is 0 Å². The van der Waals surface area contributed by atoms with E-state index in [1.165, 1.54) is 11.2 Å². The minimum Gasteiger partial charge on any atom is -0.508 e. The van der Waals surface area contributed by atoms with E-state index in [2.05, 4.69) is 0 Å². The second-order valence-electron chi connectivity index (χ2n) is 12.9. The number of carbonyl (C=O) groups excluding carboxylic acids is 1. The van der Waals surface area contributed by atoms with E-state index in [-0.39, 0.29) is 36.6 Å². The van der Waals surface area contributed by atoms with Crippen molar-refractivity contribution in [3.05, 3.63) is 70.8 Å². The molecule has 1 aliphatic rings. The summed E-state index contributed by atoms with van der Waals surface area (Å²) in [5, 5.41) is 72.6. The van der Waals surface area contributed by atoms with Crippen LogP contribution in [0.1, 0.15) is 40.1 Å². The van der Waals surface area contributed by atoms with Gasteiger partial charge in [0.2, 0.25) is 0 Å². The Balaban J connectivity index is 1.34. The Labute approximate surface area is 338 Å². The zero-order valence-corrected chi connectivity index (χ0v) is 32.0. The number of aromatic hydroxyl groups is 7. The Morgan fingerprint density at radius 1 is 0.729 bits per heavy atom. The molecular formula is C38H51FN4O16. The van der Waals surface area contributed by atoms with Crippen LogP contribution in [0.2, 0.25) is 0 Å². The van der Waals surface area contributed by atoms with Crippen LogP contribution in [-0.4, -0.2) is 139 Å². The van der Waals surface area contributed by atoms with E-state index >= 15 is 0 Å². The minimum absolute atomic E-state index is 0.0263. The number of carbonyl (C=O) groups is 1. The van der Waals surface area contributed by atoms with Crippen molar-refractivity contribution < 1.29 is 82.8 Å². The van der Waals surface area contributed by atoms with E-state index in [1.54, 1.807) is 0 Å². The van der Waals surface area contributed by atoms with Crippen molar-refractivity contribution in [1.29, 1.82) is 0 Å². The van der Waals surface area contributed by atoms with E-state index in [0.717, 1.165) is 30.3 Å². The van der Waals surface area contributed by atoms with Crippen molar-refractivity contribution in [2.45, 2.75) is 24.7 Å². The minimum atomic E-state index is -1.62. The number of phenols is 7. The van der Waals surface area contributed by atoms with Gasteiger partial charge in [-0.1, -0.05) is 0 Å². The van der Waals surface area contributed by atoms with Crippen molar-refractivity contribution in [3.8, 4) is 46.0 Å². The van der Waals surface area contributed by atoms with Gasteiger partial charge >= 0.3 is 5.97 Å². The highest BCUT2D eigenvalue weighted by Gasteiger charge is 2.45. The van der Waals surface area contributed by atoms with E-state index in [1.807, 2.05) is 0 Å². The highest BCUT2D eigenvalue weighted by molar-refractivity contribution is 5.90. The molecule has 0 aromatic heterocycles. The molecule has 0 saturated heterocycles. The van der Waals surface area contributed by atoms with Crippen molar-refractivity contribution in [1.82, 2.24) is 5.01 Å². The number of esters is 1. The number of rotatable bonds is 25. The highest BCUT2D eigenvalue weighted by Crippen LogP contribution is 2.51. The van der Waals surface area contributed by atoms with Crippen LogP contribution in [0.15, 0.2) is 48.3 Å². The molecule has 4 rings (SSSR count). The van der Waals surface area contributed by atoms with Crippen LogP contribution in [-0.2, 0) is 33.2 Å². The molecule has 0 fully saturated rings. The molecule has 0 bridgehead atoms. The number of phenolic OH excluding ortho intramolecular Hbond substituents is 7. The first kappa shape index (κ1) is 46.2. The Morgan fingerprint density at radius 3 is 1.86 bits per heavy atom. The molecule has 20 nitrogen and oxygen atoms in total. The van der Waals surface area contributed by atoms with Crippen molar-refractivity contribution in [2.75, 3.05) is 85.8 Å². The third-order valence-corrected chi connectivity index (χ3v) is 8.45. The Kier molecular flexibility index (Phi) is 18.1. The highest BCUT2D eigenvalue weighted by atomic mass is 19.1. The van der Waals surface area contributed by atoms with Gasteiger partial charge in [0.15, 0.2) is 46.8 Å². The molecule has 3 unspecified atom stereocenters. The normalized spacial score (nSPS) is 16.4. The van der Waals surface area contributed by atoms with Crippen LogP contribution in [0, 0.1) is 5.82 Å². The second-order valence-corrected chi connectivity index (χ2v) is 12.9. The number of nitrogens with zero attached hydrogens (tertiary/aromatic N) is 1. The van der Waals surface area contributed by atoms with E-state index < -0.39 is 75.9 Å². The molecule has 3 aromatic carbocycles. The van der Waals surface area contributed by atoms with Gasteiger partial charge in [-0.15, -0.1) is 0 Å². The summed E-state index contributed by atoms with van der Waals surface area (Å²) in [6, 6.07) is 5.47. The molecular weight excluding hydrogens is 787 g/mol. The van der Waals surface area contributed by atoms with Crippen LogP contribution >= 0.6 is 0 Å². The monoisotopic (exact) mass is 838 g/mol. The Hall–Kier alpha value is -5.52. The van der Waals surface area contributed by atoms with Crippen LogP contribution in [0.3, 0.4) is 0 Å². The zero-order valence-electron chi connectivity index (χ0n) is 32.0. The second kappa shape index (κ2) is 23.2. The maximum atomic E-state index is 14.3. The number of nitrogens with two attached hydrogens (primary N) is 3. The van der Waals surface area contributed by atoms with E-state index in [4.69, 9.17) is 55.2 Å². The Bertz CT molecular complexity index is 1810. The molecule has 0 amide bonds. The van der Waals surface area contributed by atoms with Crippen molar-refractivity contribution >= 4 is 5.97 Å². The predicted octanol–water partition coefficient (Wildman–Crippen LogP) is 1.59. The van der Waals surface area contributed by atoms with Crippen LogP contribution in [0.25, 0.3) is 0 Å². The molecule has 13 N–H and O–H groups in total. The molecule has 0 radical (unpaired) electrons. The summed E-state index contributed by atoms with van der Waals surface area (Å²) in [4.78, 5) is 13.4. The third kappa shape index (κ3) is 13.8. The standard InChI is InChI=1S/C38H51FN4O16/c39-26-15-23(18-28(46)33(26)49)38(51)59-37-35(22-16-29(47)34(50)30(48)17-22)58-31-20-25(44)19-27(45)32(31)36(37)57-6-3-43(42)21-24(41)1-4-52-7-9-54-11-13-56-14-12-55-10-8-53-5-2-40/h15-21,35-37,44-50H,1-14,40-42H2/b24-21-. The molecule has 326 valence electrons. The van der Waals surface area contributed by atoms with Crippen LogP contribution in [0.5, 0.6) is 46.0 Å². The first-order valence-electron chi connectivity index (χ1n) is 18.4. The summed E-state index contributed by atoms with van der Waals surface area (Å²) < 4.78 is 59.3. The molecule has 0 aliphatic carbocycles. The summed E-state index contributed by atoms with van der Waals surface area (Å²) in [5.41, 5.74) is 11.1. The molecule has 1 heterocycles.